The zero-order valence-electron chi connectivity index (χ0n) is 12.0. The normalized spacial score (nSPS) is 20.8. The van der Waals surface area contributed by atoms with Crippen LogP contribution in [0.2, 0.25) is 0 Å². The molecule has 1 N–H and O–H groups in total. The minimum Gasteiger partial charge on any atom is -0.385 e. The van der Waals surface area contributed by atoms with Crippen LogP contribution < -0.4 is 5.32 Å². The Kier molecular flexibility index (Phi) is 5.35. The second kappa shape index (κ2) is 6.83. The van der Waals surface area contributed by atoms with Gasteiger partial charge >= 0.3 is 0 Å². The SMILES string of the molecule is CSc1cccc(NCC2CCCN(S(C)(=O)=O)C2)c1. The highest BCUT2D eigenvalue weighted by atomic mass is 32.2. The van der Waals surface area contributed by atoms with Gasteiger partial charge in [0.05, 0.1) is 6.26 Å². The van der Waals surface area contributed by atoms with Crippen molar-refractivity contribution in [3.8, 4) is 0 Å². The number of nitrogens with one attached hydrogen (secondary N) is 1. The Labute approximate surface area is 126 Å². The maximum absolute atomic E-state index is 11.6. The Morgan fingerprint density at radius 2 is 2.25 bits per heavy atom. The van der Waals surface area contributed by atoms with Crippen molar-refractivity contribution in [3.63, 3.8) is 0 Å². The van der Waals surface area contributed by atoms with E-state index in [1.165, 1.54) is 11.2 Å². The first-order valence-corrected chi connectivity index (χ1v) is 9.89. The Hall–Kier alpha value is -0.720. The maximum atomic E-state index is 11.6. The average Bonchev–Trinajstić information content (AvgIpc) is 2.45. The van der Waals surface area contributed by atoms with Crippen LogP contribution in [0.1, 0.15) is 12.8 Å². The van der Waals surface area contributed by atoms with Crippen LogP contribution in [0.4, 0.5) is 5.69 Å². The summed E-state index contributed by atoms with van der Waals surface area (Å²) in [6.45, 7) is 2.12. The molecule has 1 aliphatic rings. The lowest BCUT2D eigenvalue weighted by Crippen LogP contribution is -2.41. The first-order chi connectivity index (χ1) is 9.49. The van der Waals surface area contributed by atoms with Gasteiger partial charge in [0.15, 0.2) is 0 Å². The molecule has 0 aromatic heterocycles. The average molecular weight is 314 g/mol. The minimum absolute atomic E-state index is 0.386. The van der Waals surface area contributed by atoms with E-state index in [0.29, 0.717) is 19.0 Å². The van der Waals surface area contributed by atoms with E-state index in [1.807, 2.05) is 6.07 Å². The lowest BCUT2D eigenvalue weighted by atomic mass is 9.99. The van der Waals surface area contributed by atoms with Crippen molar-refractivity contribution < 1.29 is 8.42 Å². The van der Waals surface area contributed by atoms with Gasteiger partial charge in [0, 0.05) is 30.2 Å². The van der Waals surface area contributed by atoms with Crippen molar-refractivity contribution in [2.24, 2.45) is 5.92 Å². The molecule has 1 fully saturated rings. The van der Waals surface area contributed by atoms with E-state index in [2.05, 4.69) is 29.8 Å². The molecule has 1 saturated heterocycles. The molecule has 2 rings (SSSR count). The largest absolute Gasteiger partial charge is 0.385 e. The molecule has 4 nitrogen and oxygen atoms in total. The number of piperidine rings is 1. The van der Waals surface area contributed by atoms with Gasteiger partial charge in [-0.15, -0.1) is 11.8 Å². The highest BCUT2D eigenvalue weighted by molar-refractivity contribution is 7.98. The number of nitrogens with zero attached hydrogens (tertiary/aromatic N) is 1. The fourth-order valence-electron chi connectivity index (χ4n) is 2.49. The Balaban J connectivity index is 1.90. The predicted molar refractivity (Wildman–Crippen MR) is 85.9 cm³/mol. The zero-order valence-corrected chi connectivity index (χ0v) is 13.6. The molecule has 1 aliphatic heterocycles. The van der Waals surface area contributed by atoms with Crippen LogP contribution in [0.3, 0.4) is 0 Å². The van der Waals surface area contributed by atoms with Gasteiger partial charge < -0.3 is 5.32 Å². The molecule has 0 bridgehead atoms. The molecule has 20 heavy (non-hydrogen) atoms. The van der Waals surface area contributed by atoms with E-state index in [4.69, 9.17) is 0 Å². The highest BCUT2D eigenvalue weighted by Gasteiger charge is 2.25. The summed E-state index contributed by atoms with van der Waals surface area (Å²) in [6, 6.07) is 8.30. The second-order valence-corrected chi connectivity index (χ2v) is 8.10. The molecular weight excluding hydrogens is 292 g/mol. The standard InChI is InChI=1S/C14H22N2O2S2/c1-19-14-7-3-6-13(9-14)15-10-12-5-4-8-16(11-12)20(2,17)18/h3,6-7,9,12,15H,4-5,8,10-11H2,1-2H3. The van der Waals surface area contributed by atoms with Crippen molar-refractivity contribution >= 4 is 27.5 Å². The molecule has 1 aromatic carbocycles. The van der Waals surface area contributed by atoms with Crippen molar-refractivity contribution in [1.82, 2.24) is 4.31 Å². The molecule has 6 heteroatoms. The number of hydrogen-bond acceptors (Lipinski definition) is 4. The molecule has 0 amide bonds. The highest BCUT2D eigenvalue weighted by Crippen LogP contribution is 2.22. The first kappa shape index (κ1) is 15.7. The summed E-state index contributed by atoms with van der Waals surface area (Å²) in [6.07, 6.45) is 5.39. The van der Waals surface area contributed by atoms with E-state index < -0.39 is 10.0 Å². The van der Waals surface area contributed by atoms with E-state index in [-0.39, 0.29) is 0 Å². The van der Waals surface area contributed by atoms with Crippen molar-refractivity contribution in [3.05, 3.63) is 24.3 Å². The molecule has 1 heterocycles. The van der Waals surface area contributed by atoms with Crippen molar-refractivity contribution in [1.29, 1.82) is 0 Å². The molecule has 1 atom stereocenters. The maximum Gasteiger partial charge on any atom is 0.211 e. The lowest BCUT2D eigenvalue weighted by molar-refractivity contribution is 0.277. The zero-order chi connectivity index (χ0) is 14.6. The molecule has 0 aliphatic carbocycles. The molecule has 1 unspecified atom stereocenters. The number of hydrogen-bond donors (Lipinski definition) is 1. The van der Waals surface area contributed by atoms with Gasteiger partial charge in [-0.1, -0.05) is 6.07 Å². The topological polar surface area (TPSA) is 49.4 Å². The van der Waals surface area contributed by atoms with Crippen molar-refractivity contribution in [2.45, 2.75) is 17.7 Å². The fourth-order valence-corrected chi connectivity index (χ4v) is 3.89. The third kappa shape index (κ3) is 4.40. The molecular formula is C14H22N2O2S2. The quantitative estimate of drug-likeness (QED) is 0.848. The minimum atomic E-state index is -3.05. The second-order valence-electron chi connectivity index (χ2n) is 5.24. The first-order valence-electron chi connectivity index (χ1n) is 6.82. The summed E-state index contributed by atoms with van der Waals surface area (Å²) in [7, 11) is -3.05. The number of sulfonamides is 1. The Morgan fingerprint density at radius 3 is 2.95 bits per heavy atom. The summed E-state index contributed by atoms with van der Waals surface area (Å²) in [5, 5.41) is 3.43. The molecule has 0 radical (unpaired) electrons. The molecule has 0 saturated carbocycles. The molecule has 112 valence electrons. The Morgan fingerprint density at radius 1 is 1.45 bits per heavy atom. The Bertz CT molecular complexity index is 546. The van der Waals surface area contributed by atoms with Gasteiger partial charge in [0.25, 0.3) is 0 Å². The van der Waals surface area contributed by atoms with Crippen LogP contribution in [0, 0.1) is 5.92 Å². The summed E-state index contributed by atoms with van der Waals surface area (Å²) in [4.78, 5) is 1.23. The predicted octanol–water partition coefficient (Wildman–Crippen LogP) is 2.49. The van der Waals surface area contributed by atoms with Crippen LogP contribution in [-0.4, -0.2) is 44.9 Å². The van der Waals surface area contributed by atoms with Gasteiger partial charge in [0.2, 0.25) is 10.0 Å². The van der Waals surface area contributed by atoms with Gasteiger partial charge in [-0.25, -0.2) is 12.7 Å². The molecule has 1 aromatic rings. The van der Waals surface area contributed by atoms with E-state index in [0.717, 1.165) is 25.1 Å². The number of rotatable bonds is 5. The van der Waals surface area contributed by atoms with Gasteiger partial charge in [-0.2, -0.15) is 0 Å². The number of anilines is 1. The van der Waals surface area contributed by atoms with E-state index >= 15 is 0 Å². The monoisotopic (exact) mass is 314 g/mol. The van der Waals surface area contributed by atoms with E-state index in [1.54, 1.807) is 16.1 Å². The third-order valence-electron chi connectivity index (χ3n) is 3.62. The summed E-state index contributed by atoms with van der Waals surface area (Å²) in [5.41, 5.74) is 1.10. The van der Waals surface area contributed by atoms with E-state index in [9.17, 15) is 8.42 Å². The number of thioether (sulfide) groups is 1. The van der Waals surface area contributed by atoms with Gasteiger partial charge in [-0.05, 0) is 43.2 Å². The lowest BCUT2D eigenvalue weighted by Gasteiger charge is -2.31. The van der Waals surface area contributed by atoms with Crippen LogP contribution in [-0.2, 0) is 10.0 Å². The van der Waals surface area contributed by atoms with Crippen LogP contribution in [0.5, 0.6) is 0 Å². The number of benzene rings is 1. The van der Waals surface area contributed by atoms with Crippen LogP contribution in [0.25, 0.3) is 0 Å². The van der Waals surface area contributed by atoms with Crippen LogP contribution >= 0.6 is 11.8 Å². The summed E-state index contributed by atoms with van der Waals surface area (Å²) in [5.74, 6) is 0.386. The smallest absolute Gasteiger partial charge is 0.211 e. The van der Waals surface area contributed by atoms with Gasteiger partial charge in [0.1, 0.15) is 0 Å². The van der Waals surface area contributed by atoms with Gasteiger partial charge in [-0.3, -0.25) is 0 Å². The van der Waals surface area contributed by atoms with Crippen LogP contribution in [0.15, 0.2) is 29.2 Å². The summed E-state index contributed by atoms with van der Waals surface area (Å²) >= 11 is 1.72. The fraction of sp³-hybridized carbons (Fsp3) is 0.571. The van der Waals surface area contributed by atoms with Crippen molar-refractivity contribution in [2.75, 3.05) is 37.5 Å². The third-order valence-corrected chi connectivity index (χ3v) is 5.61. The molecule has 0 spiro atoms. The summed E-state index contributed by atoms with van der Waals surface area (Å²) < 4.78 is 24.8.